The smallest absolute Gasteiger partial charge is 0.216 e. The number of benzene rings is 1. The van der Waals surface area contributed by atoms with Gasteiger partial charge < -0.3 is 16.0 Å². The highest BCUT2D eigenvalue weighted by Crippen LogP contribution is 2.25. The van der Waals surface area contributed by atoms with Crippen molar-refractivity contribution in [3.8, 4) is 0 Å². The fourth-order valence-electron chi connectivity index (χ4n) is 3.10. The van der Waals surface area contributed by atoms with E-state index >= 15 is 0 Å². The minimum absolute atomic E-state index is 0.0121. The van der Waals surface area contributed by atoms with Gasteiger partial charge in [0.15, 0.2) is 5.96 Å². The molecule has 1 heterocycles. The molecule has 25 heavy (non-hydrogen) atoms. The zero-order valence-corrected chi connectivity index (χ0v) is 15.4. The minimum Gasteiger partial charge on any atom is -0.357 e. The van der Waals surface area contributed by atoms with E-state index in [2.05, 4.69) is 58.1 Å². The van der Waals surface area contributed by atoms with Gasteiger partial charge in [0.2, 0.25) is 5.91 Å². The number of nitrogens with zero attached hydrogens (tertiary/aromatic N) is 2. The van der Waals surface area contributed by atoms with Crippen LogP contribution in [0.3, 0.4) is 0 Å². The molecule has 6 nitrogen and oxygen atoms in total. The molecule has 1 aliphatic heterocycles. The predicted molar refractivity (Wildman–Crippen MR) is 103 cm³/mol. The Morgan fingerprint density at radius 1 is 1.12 bits per heavy atom. The van der Waals surface area contributed by atoms with Gasteiger partial charge in [0, 0.05) is 26.6 Å². The first kappa shape index (κ1) is 19.2. The van der Waals surface area contributed by atoms with Crippen molar-refractivity contribution < 1.29 is 4.79 Å². The SMILES string of the molecule is CCNC(=NCC(c1ccccc1)N1CCCC1)NCCNC(C)=O. The Morgan fingerprint density at radius 3 is 2.44 bits per heavy atom. The van der Waals surface area contributed by atoms with Crippen LogP contribution in [0.4, 0.5) is 0 Å². The van der Waals surface area contributed by atoms with E-state index in [1.807, 2.05) is 0 Å². The van der Waals surface area contributed by atoms with E-state index in [1.165, 1.54) is 25.3 Å². The summed E-state index contributed by atoms with van der Waals surface area (Å²) in [6.45, 7) is 8.65. The Bertz CT molecular complexity index is 540. The van der Waals surface area contributed by atoms with Gasteiger partial charge in [-0.3, -0.25) is 14.7 Å². The van der Waals surface area contributed by atoms with Crippen LogP contribution in [0.2, 0.25) is 0 Å². The number of carbonyl (C=O) groups is 1. The van der Waals surface area contributed by atoms with Crippen LogP contribution in [0.1, 0.15) is 38.3 Å². The summed E-state index contributed by atoms with van der Waals surface area (Å²) in [5.74, 6) is 0.787. The molecule has 0 spiro atoms. The van der Waals surface area contributed by atoms with E-state index in [1.54, 1.807) is 0 Å². The number of aliphatic imine (C=N–C) groups is 1. The van der Waals surface area contributed by atoms with Crippen molar-refractivity contribution in [1.82, 2.24) is 20.9 Å². The number of amides is 1. The number of hydrogen-bond donors (Lipinski definition) is 3. The maximum Gasteiger partial charge on any atom is 0.216 e. The highest BCUT2D eigenvalue weighted by molar-refractivity contribution is 5.79. The first-order chi connectivity index (χ1) is 12.2. The lowest BCUT2D eigenvalue weighted by atomic mass is 10.1. The molecule has 0 aliphatic carbocycles. The van der Waals surface area contributed by atoms with Gasteiger partial charge >= 0.3 is 0 Å². The van der Waals surface area contributed by atoms with E-state index in [0.29, 0.717) is 19.1 Å². The van der Waals surface area contributed by atoms with E-state index < -0.39 is 0 Å². The van der Waals surface area contributed by atoms with Crippen LogP contribution >= 0.6 is 0 Å². The third kappa shape index (κ3) is 6.74. The van der Waals surface area contributed by atoms with E-state index in [4.69, 9.17) is 4.99 Å². The highest BCUT2D eigenvalue weighted by atomic mass is 16.1. The maximum absolute atomic E-state index is 10.9. The molecule has 1 aromatic carbocycles. The van der Waals surface area contributed by atoms with Crippen molar-refractivity contribution in [1.29, 1.82) is 0 Å². The van der Waals surface area contributed by atoms with Gasteiger partial charge in [-0.2, -0.15) is 0 Å². The molecule has 138 valence electrons. The summed E-state index contributed by atoms with van der Waals surface area (Å²) in [5, 5.41) is 9.34. The summed E-state index contributed by atoms with van der Waals surface area (Å²) in [7, 11) is 0. The lowest BCUT2D eigenvalue weighted by molar-refractivity contribution is -0.118. The minimum atomic E-state index is -0.0121. The summed E-state index contributed by atoms with van der Waals surface area (Å²) >= 11 is 0. The maximum atomic E-state index is 10.9. The number of carbonyl (C=O) groups excluding carboxylic acids is 1. The largest absolute Gasteiger partial charge is 0.357 e. The summed E-state index contributed by atoms with van der Waals surface area (Å²) in [6.07, 6.45) is 2.53. The zero-order chi connectivity index (χ0) is 17.9. The van der Waals surface area contributed by atoms with Crippen molar-refractivity contribution in [2.45, 2.75) is 32.7 Å². The predicted octanol–water partition coefficient (Wildman–Crippen LogP) is 1.51. The number of hydrogen-bond acceptors (Lipinski definition) is 3. The van der Waals surface area contributed by atoms with E-state index in [0.717, 1.165) is 32.1 Å². The van der Waals surface area contributed by atoms with E-state index in [-0.39, 0.29) is 5.91 Å². The van der Waals surface area contributed by atoms with Gasteiger partial charge in [0.25, 0.3) is 0 Å². The van der Waals surface area contributed by atoms with Crippen molar-refractivity contribution >= 4 is 11.9 Å². The second-order valence-electron chi connectivity index (χ2n) is 6.30. The summed E-state index contributed by atoms with van der Waals surface area (Å²) in [4.78, 5) is 18.3. The van der Waals surface area contributed by atoms with Gasteiger partial charge in [-0.05, 0) is 38.4 Å². The fourth-order valence-corrected chi connectivity index (χ4v) is 3.10. The Kier molecular flexibility index (Phi) is 8.25. The van der Waals surface area contributed by atoms with Crippen molar-refractivity contribution in [2.24, 2.45) is 4.99 Å². The Balaban J connectivity index is 1.98. The molecule has 6 heteroatoms. The third-order valence-corrected chi connectivity index (χ3v) is 4.32. The molecule has 1 aromatic rings. The standard InChI is InChI=1S/C19H31N5O/c1-3-20-19(22-12-11-21-16(2)25)23-15-18(24-13-7-8-14-24)17-9-5-4-6-10-17/h4-6,9-10,18H,3,7-8,11-15H2,1-2H3,(H,21,25)(H2,20,22,23). The molecule has 1 fully saturated rings. The van der Waals surface area contributed by atoms with Crippen molar-refractivity contribution in [2.75, 3.05) is 39.3 Å². The van der Waals surface area contributed by atoms with Gasteiger partial charge in [0.05, 0.1) is 12.6 Å². The molecule has 1 saturated heterocycles. The Labute approximate surface area is 151 Å². The fraction of sp³-hybridized carbons (Fsp3) is 0.579. The molecule has 0 bridgehead atoms. The Hall–Kier alpha value is -2.08. The zero-order valence-electron chi connectivity index (χ0n) is 15.4. The third-order valence-electron chi connectivity index (χ3n) is 4.32. The summed E-state index contributed by atoms with van der Waals surface area (Å²) in [5.41, 5.74) is 1.32. The normalized spacial score (nSPS) is 16.5. The molecule has 0 saturated carbocycles. The average molecular weight is 345 g/mol. The summed E-state index contributed by atoms with van der Waals surface area (Å²) < 4.78 is 0. The highest BCUT2D eigenvalue weighted by Gasteiger charge is 2.23. The van der Waals surface area contributed by atoms with Crippen LogP contribution in [-0.4, -0.2) is 56.0 Å². The first-order valence-corrected chi connectivity index (χ1v) is 9.26. The molecule has 3 N–H and O–H groups in total. The number of rotatable bonds is 8. The molecular formula is C19H31N5O. The van der Waals surface area contributed by atoms with E-state index in [9.17, 15) is 4.79 Å². The monoisotopic (exact) mass is 345 g/mol. The summed E-state index contributed by atoms with van der Waals surface area (Å²) in [6, 6.07) is 10.9. The van der Waals surface area contributed by atoms with Gasteiger partial charge in [-0.15, -0.1) is 0 Å². The number of nitrogens with one attached hydrogen (secondary N) is 3. The van der Waals surface area contributed by atoms with Crippen LogP contribution in [0.25, 0.3) is 0 Å². The molecule has 0 radical (unpaired) electrons. The average Bonchev–Trinajstić information content (AvgIpc) is 3.14. The molecule has 1 atom stereocenters. The topological polar surface area (TPSA) is 68.8 Å². The van der Waals surface area contributed by atoms with Crippen LogP contribution < -0.4 is 16.0 Å². The molecule has 0 aromatic heterocycles. The quantitative estimate of drug-likeness (QED) is 0.380. The van der Waals surface area contributed by atoms with Crippen LogP contribution in [-0.2, 0) is 4.79 Å². The van der Waals surface area contributed by atoms with Gasteiger partial charge in [0.1, 0.15) is 0 Å². The molecule has 1 unspecified atom stereocenters. The van der Waals surface area contributed by atoms with Crippen molar-refractivity contribution in [3.05, 3.63) is 35.9 Å². The molecule has 2 rings (SSSR count). The molecular weight excluding hydrogens is 314 g/mol. The lowest BCUT2D eigenvalue weighted by Gasteiger charge is -2.27. The van der Waals surface area contributed by atoms with Gasteiger partial charge in [-0.25, -0.2) is 0 Å². The van der Waals surface area contributed by atoms with Crippen molar-refractivity contribution in [3.63, 3.8) is 0 Å². The molecule has 1 amide bonds. The Morgan fingerprint density at radius 2 is 1.80 bits per heavy atom. The number of guanidine groups is 1. The number of likely N-dealkylation sites (tertiary alicyclic amines) is 1. The second-order valence-corrected chi connectivity index (χ2v) is 6.30. The lowest BCUT2D eigenvalue weighted by Crippen LogP contribution is -2.41. The van der Waals surface area contributed by atoms with Crippen LogP contribution in [0.15, 0.2) is 35.3 Å². The second kappa shape index (κ2) is 10.7. The van der Waals surface area contributed by atoms with Gasteiger partial charge in [-0.1, -0.05) is 30.3 Å². The van der Waals surface area contributed by atoms with Crippen LogP contribution in [0.5, 0.6) is 0 Å². The first-order valence-electron chi connectivity index (χ1n) is 9.26. The van der Waals surface area contributed by atoms with Crippen LogP contribution in [0, 0.1) is 0 Å². The molecule has 1 aliphatic rings.